The standard InChI is InChI=1S/C13H13BrFNO2/c1-16-7-13-9(4-5-17-13)8-18-12-3-2-10(14)6-11(12)15/h2-6,16H,7-8H2,1H3. The summed E-state index contributed by atoms with van der Waals surface area (Å²) < 4.78 is 25.0. The van der Waals surface area contributed by atoms with Crippen molar-refractivity contribution < 1.29 is 13.5 Å². The third-order valence-electron chi connectivity index (χ3n) is 2.45. The van der Waals surface area contributed by atoms with Crippen LogP contribution in [0.4, 0.5) is 4.39 Å². The molecule has 1 N–H and O–H groups in total. The molecular weight excluding hydrogens is 301 g/mol. The fourth-order valence-electron chi connectivity index (χ4n) is 1.56. The summed E-state index contributed by atoms with van der Waals surface area (Å²) in [5, 5.41) is 3.00. The van der Waals surface area contributed by atoms with Crippen molar-refractivity contribution in [1.29, 1.82) is 0 Å². The summed E-state index contributed by atoms with van der Waals surface area (Å²) in [6, 6.07) is 6.53. The van der Waals surface area contributed by atoms with Crippen molar-refractivity contribution in [2.45, 2.75) is 13.2 Å². The van der Waals surface area contributed by atoms with Crippen molar-refractivity contribution in [3.8, 4) is 5.75 Å². The van der Waals surface area contributed by atoms with Crippen LogP contribution in [0.25, 0.3) is 0 Å². The van der Waals surface area contributed by atoms with E-state index in [1.807, 2.05) is 13.1 Å². The summed E-state index contributed by atoms with van der Waals surface area (Å²) in [6.45, 7) is 0.903. The molecule has 0 atom stereocenters. The smallest absolute Gasteiger partial charge is 0.166 e. The highest BCUT2D eigenvalue weighted by molar-refractivity contribution is 9.10. The molecule has 0 fully saturated rings. The maximum absolute atomic E-state index is 13.5. The summed E-state index contributed by atoms with van der Waals surface area (Å²) in [5.74, 6) is 0.646. The minimum absolute atomic E-state index is 0.231. The van der Waals surface area contributed by atoms with Crippen molar-refractivity contribution in [1.82, 2.24) is 5.32 Å². The largest absolute Gasteiger partial charge is 0.486 e. The minimum Gasteiger partial charge on any atom is -0.486 e. The van der Waals surface area contributed by atoms with Gasteiger partial charge in [0.25, 0.3) is 0 Å². The van der Waals surface area contributed by atoms with Crippen LogP contribution < -0.4 is 10.1 Å². The first-order valence-corrected chi connectivity index (χ1v) is 6.27. The van der Waals surface area contributed by atoms with Crippen LogP contribution in [-0.2, 0) is 13.2 Å². The van der Waals surface area contributed by atoms with Crippen LogP contribution in [0.2, 0.25) is 0 Å². The number of benzene rings is 1. The first-order chi connectivity index (χ1) is 8.70. The molecule has 3 nitrogen and oxygen atoms in total. The van der Waals surface area contributed by atoms with E-state index in [0.29, 0.717) is 11.0 Å². The van der Waals surface area contributed by atoms with E-state index >= 15 is 0 Å². The van der Waals surface area contributed by atoms with Crippen molar-refractivity contribution in [3.63, 3.8) is 0 Å². The van der Waals surface area contributed by atoms with Gasteiger partial charge in [-0.05, 0) is 31.3 Å². The van der Waals surface area contributed by atoms with Crippen LogP contribution in [0.5, 0.6) is 5.75 Å². The average molecular weight is 314 g/mol. The molecule has 2 aromatic rings. The predicted octanol–water partition coefficient (Wildman–Crippen LogP) is 3.48. The van der Waals surface area contributed by atoms with Gasteiger partial charge in [-0.1, -0.05) is 15.9 Å². The molecule has 0 unspecified atom stereocenters. The zero-order chi connectivity index (χ0) is 13.0. The molecule has 0 aliphatic rings. The number of ether oxygens (including phenoxy) is 1. The Kier molecular flexibility index (Phi) is 4.38. The monoisotopic (exact) mass is 313 g/mol. The van der Waals surface area contributed by atoms with Gasteiger partial charge >= 0.3 is 0 Å². The summed E-state index contributed by atoms with van der Waals surface area (Å²) in [5.41, 5.74) is 0.909. The molecule has 0 amide bonds. The average Bonchev–Trinajstić information content (AvgIpc) is 2.76. The van der Waals surface area contributed by atoms with Gasteiger partial charge in [0, 0.05) is 10.0 Å². The Bertz CT molecular complexity index is 527. The predicted molar refractivity (Wildman–Crippen MR) is 69.9 cm³/mol. The van der Waals surface area contributed by atoms with E-state index in [2.05, 4.69) is 21.2 Å². The van der Waals surface area contributed by atoms with Gasteiger partial charge in [0.2, 0.25) is 0 Å². The lowest BCUT2D eigenvalue weighted by molar-refractivity contribution is 0.286. The van der Waals surface area contributed by atoms with Gasteiger partial charge < -0.3 is 14.5 Å². The number of halogens is 2. The molecule has 0 bridgehead atoms. The van der Waals surface area contributed by atoms with E-state index in [4.69, 9.17) is 9.15 Å². The van der Waals surface area contributed by atoms with Gasteiger partial charge in [0.1, 0.15) is 12.4 Å². The molecule has 0 aliphatic carbocycles. The summed E-state index contributed by atoms with van der Waals surface area (Å²) in [7, 11) is 1.83. The van der Waals surface area contributed by atoms with Gasteiger partial charge in [0.15, 0.2) is 11.6 Å². The van der Waals surface area contributed by atoms with Gasteiger partial charge in [-0.3, -0.25) is 0 Å². The number of furan rings is 1. The SMILES string of the molecule is CNCc1occc1COc1ccc(Br)cc1F. The molecular formula is C13H13BrFNO2. The van der Waals surface area contributed by atoms with Gasteiger partial charge in [-0.15, -0.1) is 0 Å². The van der Waals surface area contributed by atoms with Crippen molar-refractivity contribution in [3.05, 3.63) is 52.1 Å². The third-order valence-corrected chi connectivity index (χ3v) is 2.95. The fourth-order valence-corrected chi connectivity index (χ4v) is 1.89. The lowest BCUT2D eigenvalue weighted by atomic mass is 10.2. The van der Waals surface area contributed by atoms with Crippen molar-refractivity contribution in [2.24, 2.45) is 0 Å². The first-order valence-electron chi connectivity index (χ1n) is 5.48. The van der Waals surface area contributed by atoms with Crippen LogP contribution in [-0.4, -0.2) is 7.05 Å². The Morgan fingerprint density at radius 3 is 2.94 bits per heavy atom. The second kappa shape index (κ2) is 6.02. The Labute approximate surface area is 113 Å². The molecule has 0 saturated heterocycles. The normalized spacial score (nSPS) is 10.6. The Hall–Kier alpha value is -1.33. The Morgan fingerprint density at radius 2 is 2.22 bits per heavy atom. The third kappa shape index (κ3) is 3.11. The molecule has 96 valence electrons. The topological polar surface area (TPSA) is 34.4 Å². The van der Waals surface area contributed by atoms with Gasteiger partial charge in [-0.2, -0.15) is 0 Å². The second-order valence-corrected chi connectivity index (χ2v) is 4.68. The van der Waals surface area contributed by atoms with Crippen LogP contribution in [0.1, 0.15) is 11.3 Å². The van der Waals surface area contributed by atoms with E-state index in [1.165, 1.54) is 6.07 Å². The number of hydrogen-bond acceptors (Lipinski definition) is 3. The van der Waals surface area contributed by atoms with E-state index in [1.54, 1.807) is 18.4 Å². The van der Waals surface area contributed by atoms with Gasteiger partial charge in [-0.25, -0.2) is 4.39 Å². The molecule has 1 aromatic heterocycles. The molecule has 0 spiro atoms. The molecule has 0 saturated carbocycles. The number of hydrogen-bond donors (Lipinski definition) is 1. The first kappa shape index (κ1) is 13.1. The van der Waals surface area contributed by atoms with Crippen LogP contribution in [0, 0.1) is 5.82 Å². The molecule has 18 heavy (non-hydrogen) atoms. The zero-order valence-corrected chi connectivity index (χ0v) is 11.5. The van der Waals surface area contributed by atoms with Gasteiger partial charge in [0.05, 0.1) is 12.8 Å². The molecule has 5 heteroatoms. The second-order valence-electron chi connectivity index (χ2n) is 3.76. The summed E-state index contributed by atoms with van der Waals surface area (Å²) in [6.07, 6.45) is 1.60. The van der Waals surface area contributed by atoms with E-state index < -0.39 is 0 Å². The fraction of sp³-hybridized carbons (Fsp3) is 0.231. The quantitative estimate of drug-likeness (QED) is 0.917. The highest BCUT2D eigenvalue weighted by Crippen LogP contribution is 2.23. The lowest BCUT2D eigenvalue weighted by Gasteiger charge is -2.07. The molecule has 1 heterocycles. The maximum atomic E-state index is 13.5. The van der Waals surface area contributed by atoms with E-state index in [9.17, 15) is 4.39 Å². The van der Waals surface area contributed by atoms with E-state index in [-0.39, 0.29) is 18.2 Å². The summed E-state index contributed by atoms with van der Waals surface area (Å²) >= 11 is 3.20. The summed E-state index contributed by atoms with van der Waals surface area (Å²) in [4.78, 5) is 0. The Balaban J connectivity index is 2.04. The highest BCUT2D eigenvalue weighted by atomic mass is 79.9. The number of nitrogens with one attached hydrogen (secondary N) is 1. The molecule has 0 radical (unpaired) electrons. The van der Waals surface area contributed by atoms with Crippen molar-refractivity contribution in [2.75, 3.05) is 7.05 Å². The molecule has 0 aliphatic heterocycles. The van der Waals surface area contributed by atoms with E-state index in [0.717, 1.165) is 11.3 Å². The zero-order valence-electron chi connectivity index (χ0n) is 9.87. The van der Waals surface area contributed by atoms with Crippen LogP contribution in [0.15, 0.2) is 39.4 Å². The van der Waals surface area contributed by atoms with Crippen LogP contribution in [0.3, 0.4) is 0 Å². The van der Waals surface area contributed by atoms with Crippen molar-refractivity contribution >= 4 is 15.9 Å². The van der Waals surface area contributed by atoms with Crippen LogP contribution >= 0.6 is 15.9 Å². The number of rotatable bonds is 5. The maximum Gasteiger partial charge on any atom is 0.166 e. The molecule has 2 rings (SSSR count). The Morgan fingerprint density at radius 1 is 1.39 bits per heavy atom. The molecule has 1 aromatic carbocycles. The lowest BCUT2D eigenvalue weighted by Crippen LogP contribution is -2.07. The minimum atomic E-state index is -0.386. The highest BCUT2D eigenvalue weighted by Gasteiger charge is 2.08.